The normalized spacial score (nSPS) is 16.3. The number of aryl methyl sites for hydroxylation is 1. The third-order valence-corrected chi connectivity index (χ3v) is 9.75. The number of nitrogens with one attached hydrogen (secondary N) is 1. The van der Waals surface area contributed by atoms with Crippen LogP contribution in [0.25, 0.3) is 22.0 Å². The Morgan fingerprint density at radius 1 is 1.08 bits per heavy atom. The van der Waals surface area contributed by atoms with Gasteiger partial charge in [-0.2, -0.15) is 0 Å². The van der Waals surface area contributed by atoms with Gasteiger partial charge in [0, 0.05) is 35.8 Å². The van der Waals surface area contributed by atoms with Crippen molar-refractivity contribution in [2.75, 3.05) is 32.0 Å². The van der Waals surface area contributed by atoms with Crippen LogP contribution >= 0.6 is 34.5 Å². The molecule has 2 aromatic heterocycles. The second kappa shape index (κ2) is 10.3. The van der Waals surface area contributed by atoms with Crippen molar-refractivity contribution in [2.45, 2.75) is 23.7 Å². The van der Waals surface area contributed by atoms with Crippen molar-refractivity contribution in [2.24, 2.45) is 0 Å². The Balaban J connectivity index is 1.45. The number of pyridine rings is 1. The molecule has 1 unspecified atom stereocenters. The molecule has 1 aliphatic rings. The van der Waals surface area contributed by atoms with Gasteiger partial charge in [-0.25, -0.2) is 13.4 Å². The second-order valence-electron chi connectivity index (χ2n) is 8.96. The highest BCUT2D eigenvalue weighted by Gasteiger charge is 2.24. The Labute approximate surface area is 230 Å². The summed E-state index contributed by atoms with van der Waals surface area (Å²) in [7, 11) is -0.305. The number of ether oxygens (including phenoxy) is 2. The molecule has 7 nitrogen and oxygen atoms in total. The van der Waals surface area contributed by atoms with Gasteiger partial charge in [0.05, 0.1) is 17.8 Å². The summed E-state index contributed by atoms with van der Waals surface area (Å²) in [5.74, 6) is 1.08. The summed E-state index contributed by atoms with van der Waals surface area (Å²) in [6.07, 6.45) is 0.889. The minimum Gasteiger partial charge on any atom is -0.494 e. The number of aromatic nitrogens is 1. The Kier molecular flexibility index (Phi) is 7.26. The van der Waals surface area contributed by atoms with Gasteiger partial charge in [0.1, 0.15) is 31.7 Å². The van der Waals surface area contributed by atoms with E-state index >= 15 is 0 Å². The van der Waals surface area contributed by atoms with Crippen LogP contribution in [0.2, 0.25) is 9.36 Å². The summed E-state index contributed by atoms with van der Waals surface area (Å²) in [5, 5.41) is 1.24. The molecule has 1 fully saturated rings. The molecule has 0 saturated carbocycles. The largest absolute Gasteiger partial charge is 0.494 e. The van der Waals surface area contributed by atoms with Crippen molar-refractivity contribution in [3.8, 4) is 22.6 Å². The van der Waals surface area contributed by atoms with E-state index in [-0.39, 0.29) is 10.3 Å². The predicted octanol–water partition coefficient (Wildman–Crippen LogP) is 6.47. The molecule has 0 aliphatic carbocycles. The average molecular weight is 579 g/mol. The van der Waals surface area contributed by atoms with Crippen LogP contribution in [0.15, 0.2) is 52.7 Å². The molecule has 0 spiro atoms. The Morgan fingerprint density at radius 2 is 1.89 bits per heavy atom. The van der Waals surface area contributed by atoms with Crippen molar-refractivity contribution in [3.05, 3.63) is 63.6 Å². The number of nitrogens with zero attached hydrogens (tertiary/aromatic N) is 2. The van der Waals surface area contributed by atoms with E-state index in [1.54, 1.807) is 31.4 Å². The molecule has 1 saturated heterocycles. The number of anilines is 1. The number of halogens is 2. The molecule has 0 amide bonds. The number of methoxy groups -OCH3 is 1. The summed E-state index contributed by atoms with van der Waals surface area (Å²) in [6, 6.07) is 13.9. The van der Waals surface area contributed by atoms with E-state index in [0.717, 1.165) is 47.5 Å². The highest BCUT2D eigenvalue weighted by molar-refractivity contribution is 7.94. The lowest BCUT2D eigenvalue weighted by molar-refractivity contribution is 0.208. The van der Waals surface area contributed by atoms with Crippen LogP contribution in [-0.4, -0.2) is 51.7 Å². The van der Waals surface area contributed by atoms with Gasteiger partial charge in [-0.15, -0.1) is 11.3 Å². The van der Waals surface area contributed by atoms with Gasteiger partial charge in [0.2, 0.25) is 0 Å². The highest BCUT2D eigenvalue weighted by Crippen LogP contribution is 2.42. The van der Waals surface area contributed by atoms with Gasteiger partial charge in [-0.1, -0.05) is 29.3 Å². The molecule has 5 rings (SSSR count). The number of sulfonamides is 1. The standard InChI is InChI=1S/C26H25Cl2N3O4S2/c1-15-4-6-19-18(7-9-22(34-3)25(19)29-15)20-13-24(36-26(20)28)37(32,33)30-16-5-8-21(27)23(12-16)35-17-10-11-31(2)14-17/h4-9,12-13,17,30H,10-11,14H2,1-3H3. The topological polar surface area (TPSA) is 80.8 Å². The molecule has 3 heterocycles. The summed E-state index contributed by atoms with van der Waals surface area (Å²) >= 11 is 13.9. The molecule has 2 aromatic carbocycles. The Morgan fingerprint density at radius 3 is 2.62 bits per heavy atom. The molecule has 11 heteroatoms. The zero-order chi connectivity index (χ0) is 26.3. The van der Waals surface area contributed by atoms with Crippen molar-refractivity contribution in [3.63, 3.8) is 0 Å². The van der Waals surface area contributed by atoms with E-state index in [2.05, 4.69) is 14.6 Å². The van der Waals surface area contributed by atoms with Gasteiger partial charge < -0.3 is 14.4 Å². The van der Waals surface area contributed by atoms with E-state index in [0.29, 0.717) is 37.6 Å². The van der Waals surface area contributed by atoms with Crippen LogP contribution in [0.5, 0.6) is 11.5 Å². The summed E-state index contributed by atoms with van der Waals surface area (Å²) < 4.78 is 41.2. The van der Waals surface area contributed by atoms with Crippen LogP contribution in [0, 0.1) is 6.92 Å². The minimum absolute atomic E-state index is 0.00520. The first-order valence-corrected chi connectivity index (χ1v) is 14.6. The molecule has 194 valence electrons. The number of hydrogen-bond donors (Lipinski definition) is 1. The number of benzene rings is 2. The first-order valence-electron chi connectivity index (χ1n) is 11.6. The number of rotatable bonds is 7. The molecule has 1 atom stereocenters. The quantitative estimate of drug-likeness (QED) is 0.271. The van der Waals surface area contributed by atoms with Gasteiger partial charge in [-0.3, -0.25) is 4.72 Å². The second-order valence-corrected chi connectivity index (χ2v) is 12.9. The van der Waals surface area contributed by atoms with E-state index < -0.39 is 10.0 Å². The van der Waals surface area contributed by atoms with Crippen LogP contribution in [0.4, 0.5) is 5.69 Å². The van der Waals surface area contributed by atoms with E-state index in [1.165, 1.54) is 0 Å². The van der Waals surface area contributed by atoms with E-state index in [9.17, 15) is 8.42 Å². The van der Waals surface area contributed by atoms with Crippen molar-refractivity contribution in [1.29, 1.82) is 0 Å². The smallest absolute Gasteiger partial charge is 0.271 e. The monoisotopic (exact) mass is 577 g/mol. The number of likely N-dealkylation sites (N-methyl/N-ethyl adjacent to an activating group) is 1. The first-order chi connectivity index (χ1) is 17.6. The fourth-order valence-electron chi connectivity index (χ4n) is 4.39. The maximum Gasteiger partial charge on any atom is 0.271 e. The zero-order valence-corrected chi connectivity index (χ0v) is 23.6. The molecule has 1 aliphatic heterocycles. The predicted molar refractivity (Wildman–Crippen MR) is 150 cm³/mol. The van der Waals surface area contributed by atoms with E-state index in [4.69, 9.17) is 32.7 Å². The minimum atomic E-state index is -3.92. The lowest BCUT2D eigenvalue weighted by atomic mass is 10.0. The van der Waals surface area contributed by atoms with Gasteiger partial charge in [0.15, 0.2) is 0 Å². The molecular weight excluding hydrogens is 553 g/mol. The molecule has 0 bridgehead atoms. The zero-order valence-electron chi connectivity index (χ0n) is 20.4. The molecule has 1 N–H and O–H groups in total. The Hall–Kier alpha value is -2.56. The lowest BCUT2D eigenvalue weighted by Gasteiger charge is -2.16. The fraction of sp³-hybridized carbons (Fsp3) is 0.269. The lowest BCUT2D eigenvalue weighted by Crippen LogP contribution is -2.21. The number of likely N-dealkylation sites (tertiary alicyclic amines) is 1. The maximum atomic E-state index is 13.3. The van der Waals surface area contributed by atoms with Crippen LogP contribution in [0.1, 0.15) is 12.1 Å². The number of hydrogen-bond acceptors (Lipinski definition) is 7. The summed E-state index contributed by atoms with van der Waals surface area (Å²) in [4.78, 5) is 6.78. The van der Waals surface area contributed by atoms with Crippen LogP contribution in [-0.2, 0) is 10.0 Å². The van der Waals surface area contributed by atoms with Crippen molar-refractivity contribution >= 4 is 61.2 Å². The highest BCUT2D eigenvalue weighted by atomic mass is 35.5. The SMILES string of the molecule is COc1ccc(-c2cc(S(=O)(=O)Nc3ccc(Cl)c(OC4CCN(C)C4)c3)sc2Cl)c2ccc(C)nc12. The van der Waals surface area contributed by atoms with Gasteiger partial charge >= 0.3 is 0 Å². The van der Waals surface area contributed by atoms with Gasteiger partial charge in [-0.05, 0) is 62.4 Å². The summed E-state index contributed by atoms with van der Waals surface area (Å²) in [5.41, 5.74) is 3.27. The Bertz CT molecular complexity index is 1590. The van der Waals surface area contributed by atoms with Crippen LogP contribution < -0.4 is 14.2 Å². The first kappa shape index (κ1) is 26.1. The molecule has 4 aromatic rings. The van der Waals surface area contributed by atoms with Gasteiger partial charge in [0.25, 0.3) is 10.0 Å². The molecule has 37 heavy (non-hydrogen) atoms. The third kappa shape index (κ3) is 5.37. The number of fused-ring (bicyclic) bond motifs is 1. The maximum absolute atomic E-state index is 13.3. The number of thiophene rings is 1. The molecule has 0 radical (unpaired) electrons. The fourth-order valence-corrected chi connectivity index (χ4v) is 7.35. The third-order valence-electron chi connectivity index (χ3n) is 6.22. The molecular formula is C26H25Cl2N3O4S2. The summed E-state index contributed by atoms with van der Waals surface area (Å²) in [6.45, 7) is 3.63. The van der Waals surface area contributed by atoms with E-state index in [1.807, 2.05) is 38.2 Å². The van der Waals surface area contributed by atoms with Crippen LogP contribution in [0.3, 0.4) is 0 Å². The van der Waals surface area contributed by atoms with Crippen molar-refractivity contribution in [1.82, 2.24) is 9.88 Å². The average Bonchev–Trinajstić information content (AvgIpc) is 3.45. The van der Waals surface area contributed by atoms with Crippen molar-refractivity contribution < 1.29 is 17.9 Å².